The molecule has 74 valence electrons. The molecule has 3 heteroatoms. The molecule has 0 saturated carbocycles. The van der Waals surface area contributed by atoms with Gasteiger partial charge in [0.2, 0.25) is 0 Å². The molecule has 2 heterocycles. The topological polar surface area (TPSA) is 33.4 Å². The van der Waals surface area contributed by atoms with Crippen molar-refractivity contribution in [1.29, 1.82) is 0 Å². The Bertz CT molecular complexity index is 428. The highest BCUT2D eigenvalue weighted by Crippen LogP contribution is 2.28. The van der Waals surface area contributed by atoms with Crippen molar-refractivity contribution in [2.24, 2.45) is 0 Å². The Balaban J connectivity index is 2.33. The molecule has 0 aliphatic carbocycles. The van der Waals surface area contributed by atoms with Gasteiger partial charge in [-0.2, -0.15) is 0 Å². The molecule has 1 N–H and O–H groups in total. The van der Waals surface area contributed by atoms with Crippen LogP contribution < -0.4 is 0 Å². The van der Waals surface area contributed by atoms with Gasteiger partial charge in [-0.25, -0.2) is 0 Å². The van der Waals surface area contributed by atoms with Gasteiger partial charge in [-0.3, -0.25) is 0 Å². The van der Waals surface area contributed by atoms with Gasteiger partial charge in [-0.1, -0.05) is 0 Å². The lowest BCUT2D eigenvalue weighted by molar-refractivity contribution is 0.187. The van der Waals surface area contributed by atoms with Gasteiger partial charge >= 0.3 is 0 Å². The molecule has 0 fully saturated rings. The summed E-state index contributed by atoms with van der Waals surface area (Å²) in [6, 6.07) is 5.61. The third-order valence-electron chi connectivity index (χ3n) is 2.22. The zero-order valence-electron chi connectivity index (χ0n) is 8.15. The Labute approximate surface area is 86.8 Å². The predicted molar refractivity (Wildman–Crippen MR) is 56.6 cm³/mol. The number of rotatable bonds is 2. The maximum absolute atomic E-state index is 9.99. The minimum atomic E-state index is -0.630. The second kappa shape index (κ2) is 3.59. The van der Waals surface area contributed by atoms with E-state index in [9.17, 15) is 5.11 Å². The molecular formula is C11H12O2S. The molecule has 0 bridgehead atoms. The maximum atomic E-state index is 9.99. The average molecular weight is 208 g/mol. The smallest absolute Gasteiger partial charge is 0.138 e. The molecule has 2 aromatic rings. The van der Waals surface area contributed by atoms with E-state index in [1.807, 2.05) is 37.4 Å². The van der Waals surface area contributed by atoms with Crippen LogP contribution in [-0.2, 0) is 0 Å². The van der Waals surface area contributed by atoms with Crippen LogP contribution in [0.4, 0.5) is 0 Å². The standard InChI is InChI=1S/C11H12O2S/c1-7-3-4-10(13-7)11(12)9-5-6-14-8(9)2/h3-6,11-12H,1-2H3. The quantitative estimate of drug-likeness (QED) is 0.823. The van der Waals surface area contributed by atoms with Crippen LogP contribution >= 0.6 is 11.3 Å². The molecule has 0 saturated heterocycles. The zero-order chi connectivity index (χ0) is 10.1. The second-order valence-electron chi connectivity index (χ2n) is 3.28. The van der Waals surface area contributed by atoms with Gasteiger partial charge in [0.05, 0.1) is 0 Å². The van der Waals surface area contributed by atoms with Crippen molar-refractivity contribution in [3.63, 3.8) is 0 Å². The van der Waals surface area contributed by atoms with Gasteiger partial charge in [0.25, 0.3) is 0 Å². The molecule has 1 atom stereocenters. The summed E-state index contributed by atoms with van der Waals surface area (Å²) in [4.78, 5) is 1.13. The van der Waals surface area contributed by atoms with Crippen molar-refractivity contribution < 1.29 is 9.52 Å². The van der Waals surface area contributed by atoms with E-state index in [1.165, 1.54) is 0 Å². The Kier molecular flexibility index (Phi) is 2.44. The molecule has 0 aliphatic heterocycles. The third kappa shape index (κ3) is 1.61. The van der Waals surface area contributed by atoms with E-state index in [0.29, 0.717) is 5.76 Å². The first-order valence-corrected chi connectivity index (χ1v) is 5.35. The Hall–Kier alpha value is -1.06. The summed E-state index contributed by atoms with van der Waals surface area (Å²) in [7, 11) is 0. The molecule has 14 heavy (non-hydrogen) atoms. The lowest BCUT2D eigenvalue weighted by atomic mass is 10.1. The Morgan fingerprint density at radius 1 is 1.29 bits per heavy atom. The Morgan fingerprint density at radius 2 is 2.07 bits per heavy atom. The van der Waals surface area contributed by atoms with E-state index in [2.05, 4.69) is 0 Å². The maximum Gasteiger partial charge on any atom is 0.138 e. The van der Waals surface area contributed by atoms with Gasteiger partial charge in [0.1, 0.15) is 17.6 Å². The molecule has 0 amide bonds. The first kappa shape index (κ1) is 9.49. The fourth-order valence-corrected chi connectivity index (χ4v) is 2.17. The summed E-state index contributed by atoms with van der Waals surface area (Å²) in [5, 5.41) is 12.0. The van der Waals surface area contributed by atoms with E-state index in [4.69, 9.17) is 4.42 Å². The van der Waals surface area contributed by atoms with E-state index in [-0.39, 0.29) is 0 Å². The van der Waals surface area contributed by atoms with Crippen molar-refractivity contribution in [2.45, 2.75) is 20.0 Å². The number of hydrogen-bond donors (Lipinski definition) is 1. The highest BCUT2D eigenvalue weighted by molar-refractivity contribution is 7.10. The van der Waals surface area contributed by atoms with Gasteiger partial charge in [-0.15, -0.1) is 11.3 Å². The molecule has 0 radical (unpaired) electrons. The van der Waals surface area contributed by atoms with E-state index >= 15 is 0 Å². The molecule has 2 aromatic heterocycles. The summed E-state index contributed by atoms with van der Waals surface area (Å²) in [5.74, 6) is 1.44. The van der Waals surface area contributed by atoms with Crippen molar-refractivity contribution in [2.75, 3.05) is 0 Å². The normalized spacial score (nSPS) is 13.1. The van der Waals surface area contributed by atoms with E-state index in [1.54, 1.807) is 11.3 Å². The molecule has 2 rings (SSSR count). The first-order chi connectivity index (χ1) is 6.68. The molecule has 2 nitrogen and oxygen atoms in total. The summed E-state index contributed by atoms with van der Waals surface area (Å²) < 4.78 is 5.38. The SMILES string of the molecule is Cc1ccc(C(O)c2ccsc2C)o1. The number of aryl methyl sites for hydroxylation is 2. The molecular weight excluding hydrogens is 196 g/mol. The number of furan rings is 1. The summed E-state index contributed by atoms with van der Waals surface area (Å²) >= 11 is 1.63. The molecule has 1 unspecified atom stereocenters. The van der Waals surface area contributed by atoms with Gasteiger partial charge in [0, 0.05) is 10.4 Å². The largest absolute Gasteiger partial charge is 0.463 e. The van der Waals surface area contributed by atoms with Crippen LogP contribution in [0.15, 0.2) is 28.0 Å². The van der Waals surface area contributed by atoms with Crippen LogP contribution in [0.3, 0.4) is 0 Å². The predicted octanol–water partition coefficient (Wildman–Crippen LogP) is 3.04. The van der Waals surface area contributed by atoms with E-state index in [0.717, 1.165) is 16.2 Å². The fourth-order valence-electron chi connectivity index (χ4n) is 1.43. The van der Waals surface area contributed by atoms with Gasteiger partial charge in [0.15, 0.2) is 0 Å². The van der Waals surface area contributed by atoms with E-state index < -0.39 is 6.10 Å². The van der Waals surface area contributed by atoms with Crippen LogP contribution in [0, 0.1) is 13.8 Å². The van der Waals surface area contributed by atoms with Crippen LogP contribution in [0.1, 0.15) is 28.1 Å². The van der Waals surface area contributed by atoms with Crippen LogP contribution in [0.5, 0.6) is 0 Å². The number of aliphatic hydroxyl groups is 1. The highest BCUT2D eigenvalue weighted by Gasteiger charge is 2.16. The van der Waals surface area contributed by atoms with Crippen LogP contribution in [-0.4, -0.2) is 5.11 Å². The molecule has 0 aliphatic rings. The molecule has 0 aromatic carbocycles. The van der Waals surface area contributed by atoms with Gasteiger partial charge in [-0.05, 0) is 37.4 Å². The highest BCUT2D eigenvalue weighted by atomic mass is 32.1. The van der Waals surface area contributed by atoms with Crippen molar-refractivity contribution in [3.8, 4) is 0 Å². The van der Waals surface area contributed by atoms with Crippen LogP contribution in [0.2, 0.25) is 0 Å². The third-order valence-corrected chi connectivity index (χ3v) is 3.09. The summed E-state index contributed by atoms with van der Waals surface area (Å²) in [6.45, 7) is 3.87. The Morgan fingerprint density at radius 3 is 2.57 bits per heavy atom. The van der Waals surface area contributed by atoms with Crippen molar-refractivity contribution in [1.82, 2.24) is 0 Å². The number of hydrogen-bond acceptors (Lipinski definition) is 3. The second-order valence-corrected chi connectivity index (χ2v) is 4.40. The van der Waals surface area contributed by atoms with Crippen molar-refractivity contribution in [3.05, 3.63) is 45.5 Å². The average Bonchev–Trinajstić information content (AvgIpc) is 2.73. The van der Waals surface area contributed by atoms with Crippen molar-refractivity contribution >= 4 is 11.3 Å². The number of thiophene rings is 1. The minimum Gasteiger partial charge on any atom is -0.463 e. The fraction of sp³-hybridized carbons (Fsp3) is 0.273. The lowest BCUT2D eigenvalue weighted by Gasteiger charge is -2.06. The monoisotopic (exact) mass is 208 g/mol. The summed E-state index contributed by atoms with van der Waals surface area (Å²) in [6.07, 6.45) is -0.630. The molecule has 0 spiro atoms. The van der Waals surface area contributed by atoms with Gasteiger partial charge < -0.3 is 9.52 Å². The number of aliphatic hydroxyl groups excluding tert-OH is 1. The first-order valence-electron chi connectivity index (χ1n) is 4.47. The minimum absolute atomic E-state index is 0.615. The lowest BCUT2D eigenvalue weighted by Crippen LogP contribution is -1.97. The zero-order valence-corrected chi connectivity index (χ0v) is 8.97. The van der Waals surface area contributed by atoms with Crippen LogP contribution in [0.25, 0.3) is 0 Å². The summed E-state index contributed by atoms with van der Waals surface area (Å²) in [5.41, 5.74) is 0.935.